The molecule has 3 N–H and O–H groups in total. The summed E-state index contributed by atoms with van der Waals surface area (Å²) in [6.07, 6.45) is 1.04. The van der Waals surface area contributed by atoms with Gasteiger partial charge in [-0.05, 0) is 47.7 Å². The van der Waals surface area contributed by atoms with E-state index in [9.17, 15) is 0 Å². The summed E-state index contributed by atoms with van der Waals surface area (Å²) in [5.74, 6) is 6.63. The third kappa shape index (κ3) is 3.00. The van der Waals surface area contributed by atoms with E-state index in [1.165, 1.54) is 5.56 Å². The van der Waals surface area contributed by atoms with Gasteiger partial charge in [0, 0.05) is 0 Å². The third-order valence-electron chi connectivity index (χ3n) is 3.68. The third-order valence-corrected chi connectivity index (χ3v) is 3.68. The summed E-state index contributed by atoms with van der Waals surface area (Å²) in [6, 6.07) is 14.6. The minimum Gasteiger partial charge on any atom is -0.497 e. The number of ether oxygens (including phenoxy) is 1. The summed E-state index contributed by atoms with van der Waals surface area (Å²) in [5, 5.41) is 0. The van der Waals surface area contributed by atoms with Crippen molar-refractivity contribution in [3.05, 3.63) is 64.7 Å². The number of hydrogen-bond donors (Lipinski definition) is 2. The number of hydrogen-bond acceptors (Lipinski definition) is 3. The van der Waals surface area contributed by atoms with Gasteiger partial charge in [0.05, 0.1) is 13.2 Å². The zero-order valence-corrected chi connectivity index (χ0v) is 12.3. The predicted octanol–water partition coefficient (Wildman–Crippen LogP) is 3.12. The molecule has 0 heterocycles. The van der Waals surface area contributed by atoms with E-state index in [0.29, 0.717) is 0 Å². The molecule has 2 aromatic carbocycles. The van der Waals surface area contributed by atoms with Crippen molar-refractivity contribution in [2.24, 2.45) is 5.84 Å². The van der Waals surface area contributed by atoms with Crippen LogP contribution in [0.3, 0.4) is 0 Å². The van der Waals surface area contributed by atoms with Gasteiger partial charge in [-0.15, -0.1) is 0 Å². The fourth-order valence-electron chi connectivity index (χ4n) is 2.41. The molecule has 20 heavy (non-hydrogen) atoms. The summed E-state index contributed by atoms with van der Waals surface area (Å²) in [6.45, 7) is 4.23. The highest BCUT2D eigenvalue weighted by molar-refractivity contribution is 5.41. The van der Waals surface area contributed by atoms with Crippen LogP contribution in [0.4, 0.5) is 0 Å². The lowest BCUT2D eigenvalue weighted by Gasteiger charge is -2.20. The molecular formula is C17H22N2O. The number of rotatable bonds is 5. The first-order chi connectivity index (χ1) is 9.69. The summed E-state index contributed by atoms with van der Waals surface area (Å²) >= 11 is 0. The maximum Gasteiger partial charge on any atom is 0.119 e. The van der Waals surface area contributed by atoms with E-state index in [1.54, 1.807) is 7.11 Å². The lowest BCUT2D eigenvalue weighted by atomic mass is 9.94. The Labute approximate surface area is 120 Å². The van der Waals surface area contributed by atoms with Gasteiger partial charge in [-0.3, -0.25) is 5.84 Å². The maximum atomic E-state index is 5.77. The average molecular weight is 270 g/mol. The molecule has 1 atom stereocenters. The van der Waals surface area contributed by atoms with Crippen LogP contribution in [0, 0.1) is 6.92 Å². The molecular weight excluding hydrogens is 248 g/mol. The molecule has 3 nitrogen and oxygen atoms in total. The van der Waals surface area contributed by atoms with E-state index in [1.807, 2.05) is 12.1 Å². The molecule has 0 aliphatic carbocycles. The van der Waals surface area contributed by atoms with E-state index in [0.717, 1.165) is 28.9 Å². The lowest BCUT2D eigenvalue weighted by molar-refractivity contribution is 0.414. The SMILES string of the molecule is CCc1ccc(C(NN)c2ccc(OC)cc2C)cc1. The summed E-state index contributed by atoms with van der Waals surface area (Å²) in [5.41, 5.74) is 7.73. The molecule has 1 unspecified atom stereocenters. The van der Waals surface area contributed by atoms with Gasteiger partial charge in [0.25, 0.3) is 0 Å². The van der Waals surface area contributed by atoms with Crippen LogP contribution >= 0.6 is 0 Å². The van der Waals surface area contributed by atoms with Crippen LogP contribution in [0.2, 0.25) is 0 Å². The Morgan fingerprint density at radius 1 is 1.15 bits per heavy atom. The molecule has 106 valence electrons. The lowest BCUT2D eigenvalue weighted by Crippen LogP contribution is -2.29. The van der Waals surface area contributed by atoms with E-state index >= 15 is 0 Å². The highest BCUT2D eigenvalue weighted by Crippen LogP contribution is 2.27. The topological polar surface area (TPSA) is 47.3 Å². The Hall–Kier alpha value is -1.84. The van der Waals surface area contributed by atoms with Crippen LogP contribution in [-0.4, -0.2) is 7.11 Å². The largest absolute Gasteiger partial charge is 0.497 e. The minimum absolute atomic E-state index is 0.00758. The van der Waals surface area contributed by atoms with Crippen LogP contribution in [0.1, 0.15) is 35.2 Å². The fourth-order valence-corrected chi connectivity index (χ4v) is 2.41. The predicted molar refractivity (Wildman–Crippen MR) is 82.7 cm³/mol. The summed E-state index contributed by atoms with van der Waals surface area (Å²) in [4.78, 5) is 0. The second kappa shape index (κ2) is 6.55. The second-order valence-electron chi connectivity index (χ2n) is 4.92. The first-order valence-electron chi connectivity index (χ1n) is 6.89. The monoisotopic (exact) mass is 270 g/mol. The van der Waals surface area contributed by atoms with Crippen molar-refractivity contribution in [2.75, 3.05) is 7.11 Å². The Morgan fingerprint density at radius 2 is 1.85 bits per heavy atom. The van der Waals surface area contributed by atoms with Gasteiger partial charge < -0.3 is 4.74 Å². The van der Waals surface area contributed by atoms with Crippen LogP contribution < -0.4 is 16.0 Å². The van der Waals surface area contributed by atoms with Gasteiger partial charge in [0.2, 0.25) is 0 Å². The Morgan fingerprint density at radius 3 is 2.35 bits per heavy atom. The molecule has 0 bridgehead atoms. The van der Waals surface area contributed by atoms with Gasteiger partial charge >= 0.3 is 0 Å². The number of benzene rings is 2. The highest BCUT2D eigenvalue weighted by atomic mass is 16.5. The number of nitrogens with one attached hydrogen (secondary N) is 1. The number of aryl methyl sites for hydroxylation is 2. The normalized spacial score (nSPS) is 12.2. The maximum absolute atomic E-state index is 5.77. The van der Waals surface area contributed by atoms with Crippen molar-refractivity contribution >= 4 is 0 Å². The van der Waals surface area contributed by atoms with E-state index in [-0.39, 0.29) is 6.04 Å². The van der Waals surface area contributed by atoms with Crippen LogP contribution in [0.25, 0.3) is 0 Å². The number of methoxy groups -OCH3 is 1. The first kappa shape index (κ1) is 14.6. The molecule has 0 radical (unpaired) electrons. The average Bonchev–Trinajstić information content (AvgIpc) is 2.50. The standard InChI is InChI=1S/C17H22N2O/c1-4-13-5-7-14(8-6-13)17(19-18)16-10-9-15(20-3)11-12(16)2/h5-11,17,19H,4,18H2,1-3H3. The Kier molecular flexibility index (Phi) is 4.77. The van der Waals surface area contributed by atoms with Crippen molar-refractivity contribution in [3.63, 3.8) is 0 Å². The van der Waals surface area contributed by atoms with E-state index in [4.69, 9.17) is 10.6 Å². The van der Waals surface area contributed by atoms with E-state index in [2.05, 4.69) is 49.6 Å². The summed E-state index contributed by atoms with van der Waals surface area (Å²) < 4.78 is 5.25. The quantitative estimate of drug-likeness (QED) is 0.648. The van der Waals surface area contributed by atoms with Crippen LogP contribution in [0.15, 0.2) is 42.5 Å². The van der Waals surface area contributed by atoms with Crippen molar-refractivity contribution in [1.29, 1.82) is 0 Å². The molecule has 0 saturated heterocycles. The van der Waals surface area contributed by atoms with Gasteiger partial charge in [-0.1, -0.05) is 37.3 Å². The van der Waals surface area contributed by atoms with Crippen molar-refractivity contribution in [3.8, 4) is 5.75 Å². The highest BCUT2D eigenvalue weighted by Gasteiger charge is 2.15. The van der Waals surface area contributed by atoms with Gasteiger partial charge in [0.1, 0.15) is 5.75 Å². The number of nitrogens with two attached hydrogens (primary N) is 1. The molecule has 2 rings (SSSR count). The number of hydrazine groups is 1. The summed E-state index contributed by atoms with van der Waals surface area (Å²) in [7, 11) is 1.68. The molecule has 0 amide bonds. The molecule has 0 aliphatic rings. The molecule has 0 saturated carbocycles. The Balaban J connectivity index is 2.35. The van der Waals surface area contributed by atoms with Crippen LogP contribution in [0.5, 0.6) is 5.75 Å². The van der Waals surface area contributed by atoms with Gasteiger partial charge in [-0.2, -0.15) is 0 Å². The molecule has 3 heteroatoms. The molecule has 0 fully saturated rings. The second-order valence-corrected chi connectivity index (χ2v) is 4.92. The zero-order valence-electron chi connectivity index (χ0n) is 12.3. The molecule has 0 aromatic heterocycles. The van der Waals surface area contributed by atoms with Crippen molar-refractivity contribution in [1.82, 2.24) is 5.43 Å². The zero-order chi connectivity index (χ0) is 14.5. The minimum atomic E-state index is -0.00758. The van der Waals surface area contributed by atoms with E-state index < -0.39 is 0 Å². The smallest absolute Gasteiger partial charge is 0.119 e. The van der Waals surface area contributed by atoms with Gasteiger partial charge in [0.15, 0.2) is 0 Å². The van der Waals surface area contributed by atoms with Gasteiger partial charge in [-0.25, -0.2) is 5.43 Å². The molecule has 2 aromatic rings. The molecule has 0 spiro atoms. The molecule has 0 aliphatic heterocycles. The Bertz CT molecular complexity index is 564. The van der Waals surface area contributed by atoms with Crippen molar-refractivity contribution < 1.29 is 4.74 Å². The van der Waals surface area contributed by atoms with Crippen LogP contribution in [-0.2, 0) is 6.42 Å². The van der Waals surface area contributed by atoms with Crippen molar-refractivity contribution in [2.45, 2.75) is 26.3 Å². The first-order valence-corrected chi connectivity index (χ1v) is 6.89. The fraction of sp³-hybridized carbons (Fsp3) is 0.294.